The number of hydrogen-bond donors (Lipinski definition) is 0. The highest BCUT2D eigenvalue weighted by Gasteiger charge is 2.19. The second kappa shape index (κ2) is 14.2. The summed E-state index contributed by atoms with van der Waals surface area (Å²) in [5, 5.41) is 0. The number of hydrogen-bond acceptors (Lipinski definition) is 7. The smallest absolute Gasteiger partial charge is 0.203 e. The normalized spacial score (nSPS) is 10.5. The van der Waals surface area contributed by atoms with Gasteiger partial charge >= 0.3 is 0 Å². The molecule has 0 fully saturated rings. The van der Waals surface area contributed by atoms with Gasteiger partial charge in [-0.2, -0.15) is 0 Å². The quantitative estimate of drug-likeness (QED) is 0.321. The molecule has 0 radical (unpaired) electrons. The molecule has 7 heteroatoms. The summed E-state index contributed by atoms with van der Waals surface area (Å²) in [6, 6.07) is 7.41. The highest BCUT2D eigenvalue weighted by Crippen LogP contribution is 2.41. The summed E-state index contributed by atoms with van der Waals surface area (Å²) in [5.41, 5.74) is 1.61. The van der Waals surface area contributed by atoms with Crippen LogP contribution in [0.1, 0.15) is 52.7 Å². The van der Waals surface area contributed by atoms with Gasteiger partial charge < -0.3 is 28.4 Å². The average molecular weight is 475 g/mol. The van der Waals surface area contributed by atoms with Crippen molar-refractivity contribution in [2.75, 3.05) is 39.6 Å². The number of ether oxygens (including phenoxy) is 6. The minimum Gasteiger partial charge on any atom is -0.490 e. The predicted molar refractivity (Wildman–Crippen MR) is 132 cm³/mol. The van der Waals surface area contributed by atoms with Crippen LogP contribution in [0.15, 0.2) is 24.3 Å². The molecule has 188 valence electrons. The summed E-state index contributed by atoms with van der Waals surface area (Å²) in [5.74, 6) is 3.50. The van der Waals surface area contributed by atoms with Crippen LogP contribution in [0.5, 0.6) is 34.5 Å². The van der Waals surface area contributed by atoms with E-state index >= 15 is 0 Å². The Morgan fingerprint density at radius 1 is 0.500 bits per heavy atom. The first-order chi connectivity index (χ1) is 16.5. The average Bonchev–Trinajstić information content (AvgIpc) is 2.79. The molecule has 0 amide bonds. The van der Waals surface area contributed by atoms with E-state index in [9.17, 15) is 4.79 Å². The first kappa shape index (κ1) is 27.2. The van der Waals surface area contributed by atoms with Gasteiger partial charge in [-0.05, 0) is 76.9 Å². The molecular weight excluding hydrogens is 436 g/mol. The van der Waals surface area contributed by atoms with Crippen LogP contribution in [-0.4, -0.2) is 45.4 Å². The van der Waals surface area contributed by atoms with Crippen LogP contribution in [-0.2, 0) is 17.6 Å². The SMILES string of the molecule is CCOc1cc(CC(=O)Cc2cc(OCC)c(OCC)c(OCC)c2)cc(OCC)c1OCC. The minimum atomic E-state index is 0.0445. The number of rotatable bonds is 16. The van der Waals surface area contributed by atoms with Gasteiger partial charge in [-0.25, -0.2) is 0 Å². The highest BCUT2D eigenvalue weighted by molar-refractivity contribution is 5.84. The van der Waals surface area contributed by atoms with Crippen LogP contribution < -0.4 is 28.4 Å². The molecule has 2 rings (SSSR count). The van der Waals surface area contributed by atoms with E-state index < -0.39 is 0 Å². The molecule has 0 unspecified atom stereocenters. The van der Waals surface area contributed by atoms with Crippen molar-refractivity contribution in [3.05, 3.63) is 35.4 Å². The van der Waals surface area contributed by atoms with E-state index in [-0.39, 0.29) is 18.6 Å². The maximum absolute atomic E-state index is 13.1. The van der Waals surface area contributed by atoms with E-state index in [1.807, 2.05) is 65.8 Å². The zero-order chi connectivity index (χ0) is 24.9. The summed E-state index contributed by atoms with van der Waals surface area (Å²) in [6.45, 7) is 14.4. The summed E-state index contributed by atoms with van der Waals surface area (Å²) in [4.78, 5) is 13.1. The van der Waals surface area contributed by atoms with Crippen molar-refractivity contribution >= 4 is 5.78 Å². The number of carbonyl (C=O) groups excluding carboxylic acids is 1. The van der Waals surface area contributed by atoms with Crippen LogP contribution in [0.2, 0.25) is 0 Å². The van der Waals surface area contributed by atoms with Gasteiger partial charge in [-0.3, -0.25) is 4.79 Å². The van der Waals surface area contributed by atoms with Crippen molar-refractivity contribution in [2.24, 2.45) is 0 Å². The Balaban J connectivity index is 2.32. The Hall–Kier alpha value is -3.09. The standard InChI is InChI=1S/C27H38O7/c1-7-29-22-15-19(16-23(30-8-2)26(22)33-11-5)13-21(28)14-20-17-24(31-9-3)27(34-12-6)25(18-20)32-10-4/h15-18H,7-14H2,1-6H3. The van der Waals surface area contributed by atoms with Crippen molar-refractivity contribution < 1.29 is 33.2 Å². The number of carbonyl (C=O) groups is 1. The van der Waals surface area contributed by atoms with Gasteiger partial charge in [0.25, 0.3) is 0 Å². The zero-order valence-corrected chi connectivity index (χ0v) is 21.3. The number of ketones is 1. The third-order valence-corrected chi connectivity index (χ3v) is 4.74. The molecule has 7 nitrogen and oxygen atoms in total. The van der Waals surface area contributed by atoms with E-state index in [1.165, 1.54) is 0 Å². The van der Waals surface area contributed by atoms with Gasteiger partial charge in [0.2, 0.25) is 11.5 Å². The number of benzene rings is 2. The van der Waals surface area contributed by atoms with Gasteiger partial charge in [0.15, 0.2) is 23.0 Å². The molecule has 0 bridgehead atoms. The maximum Gasteiger partial charge on any atom is 0.203 e. The first-order valence-corrected chi connectivity index (χ1v) is 12.1. The monoisotopic (exact) mass is 474 g/mol. The fourth-order valence-corrected chi connectivity index (χ4v) is 3.61. The molecule has 0 aliphatic rings. The molecular formula is C27H38O7. The Labute approximate surface area is 203 Å². The van der Waals surface area contributed by atoms with E-state index in [2.05, 4.69) is 0 Å². The Morgan fingerprint density at radius 3 is 1.00 bits per heavy atom. The van der Waals surface area contributed by atoms with Crippen molar-refractivity contribution in [3.63, 3.8) is 0 Å². The third-order valence-electron chi connectivity index (χ3n) is 4.74. The van der Waals surface area contributed by atoms with Crippen LogP contribution in [0, 0.1) is 0 Å². The van der Waals surface area contributed by atoms with Crippen molar-refractivity contribution in [1.82, 2.24) is 0 Å². The Kier molecular flexibility index (Phi) is 11.4. The summed E-state index contributed by atoms with van der Waals surface area (Å²) >= 11 is 0. The van der Waals surface area contributed by atoms with E-state index in [1.54, 1.807) is 0 Å². The molecule has 0 aliphatic heterocycles. The fourth-order valence-electron chi connectivity index (χ4n) is 3.61. The molecule has 0 spiro atoms. The molecule has 0 heterocycles. The van der Waals surface area contributed by atoms with Gasteiger partial charge in [-0.15, -0.1) is 0 Å². The lowest BCUT2D eigenvalue weighted by Crippen LogP contribution is -2.10. The van der Waals surface area contributed by atoms with Crippen LogP contribution >= 0.6 is 0 Å². The van der Waals surface area contributed by atoms with Crippen molar-refractivity contribution in [3.8, 4) is 34.5 Å². The molecule has 0 aliphatic carbocycles. The lowest BCUT2D eigenvalue weighted by atomic mass is 10.0. The predicted octanol–water partition coefficient (Wildman–Crippen LogP) is 5.43. The van der Waals surface area contributed by atoms with Crippen molar-refractivity contribution in [1.29, 1.82) is 0 Å². The maximum atomic E-state index is 13.1. The Morgan fingerprint density at radius 2 is 0.765 bits per heavy atom. The van der Waals surface area contributed by atoms with Crippen LogP contribution in [0.25, 0.3) is 0 Å². The third kappa shape index (κ3) is 7.47. The molecule has 0 N–H and O–H groups in total. The lowest BCUT2D eigenvalue weighted by molar-refractivity contribution is -0.117. The van der Waals surface area contributed by atoms with Crippen LogP contribution in [0.3, 0.4) is 0 Å². The zero-order valence-electron chi connectivity index (χ0n) is 21.3. The lowest BCUT2D eigenvalue weighted by Gasteiger charge is -2.18. The van der Waals surface area contributed by atoms with Crippen LogP contribution in [0.4, 0.5) is 0 Å². The van der Waals surface area contributed by atoms with E-state index in [0.29, 0.717) is 74.1 Å². The molecule has 2 aromatic carbocycles. The fraction of sp³-hybridized carbons (Fsp3) is 0.519. The molecule has 0 aromatic heterocycles. The van der Waals surface area contributed by atoms with Gasteiger partial charge in [0.05, 0.1) is 39.6 Å². The second-order valence-electron chi connectivity index (χ2n) is 7.33. The molecule has 34 heavy (non-hydrogen) atoms. The Bertz CT molecular complexity index is 796. The van der Waals surface area contributed by atoms with E-state index in [0.717, 1.165) is 11.1 Å². The summed E-state index contributed by atoms with van der Waals surface area (Å²) in [6.07, 6.45) is 0.460. The molecule has 0 saturated heterocycles. The molecule has 2 aromatic rings. The minimum absolute atomic E-state index is 0.0445. The van der Waals surface area contributed by atoms with Gasteiger partial charge in [-0.1, -0.05) is 0 Å². The molecule has 0 atom stereocenters. The highest BCUT2D eigenvalue weighted by atomic mass is 16.5. The largest absolute Gasteiger partial charge is 0.490 e. The number of Topliss-reactive ketones (excluding diaryl/α,β-unsaturated/α-hetero) is 1. The van der Waals surface area contributed by atoms with Gasteiger partial charge in [0.1, 0.15) is 5.78 Å². The summed E-state index contributed by atoms with van der Waals surface area (Å²) < 4.78 is 34.6. The van der Waals surface area contributed by atoms with Gasteiger partial charge in [0, 0.05) is 12.8 Å². The first-order valence-electron chi connectivity index (χ1n) is 12.1. The topological polar surface area (TPSA) is 72.5 Å². The van der Waals surface area contributed by atoms with E-state index in [4.69, 9.17) is 28.4 Å². The van der Waals surface area contributed by atoms with Crippen molar-refractivity contribution in [2.45, 2.75) is 54.4 Å². The second-order valence-corrected chi connectivity index (χ2v) is 7.33. The molecule has 0 saturated carbocycles. The summed E-state index contributed by atoms with van der Waals surface area (Å²) in [7, 11) is 0.